The molecule has 1 aromatic rings. The summed E-state index contributed by atoms with van der Waals surface area (Å²) in [7, 11) is 0. The van der Waals surface area contributed by atoms with Crippen LogP contribution >= 0.6 is 0 Å². The molecule has 0 radical (unpaired) electrons. The zero-order valence-corrected chi connectivity index (χ0v) is 10.0. The first-order valence-electron chi connectivity index (χ1n) is 5.98. The standard InChI is InChI=1S/C13H20N2O/c1-9-5-11(6-10(2)15-9)7-12-8-14-4-3-13(12)16/h5-6,12-14,16H,3-4,7-8H2,1-2H3. The predicted octanol–water partition coefficient (Wildman–Crippen LogP) is 1.21. The lowest BCUT2D eigenvalue weighted by molar-refractivity contribution is 0.0791. The van der Waals surface area contributed by atoms with E-state index in [4.69, 9.17) is 0 Å². The smallest absolute Gasteiger partial charge is 0.0595 e. The van der Waals surface area contributed by atoms with Crippen LogP contribution in [0.5, 0.6) is 0 Å². The summed E-state index contributed by atoms with van der Waals surface area (Å²) in [6.45, 7) is 5.89. The summed E-state index contributed by atoms with van der Waals surface area (Å²) in [5.41, 5.74) is 3.42. The van der Waals surface area contributed by atoms with Crippen molar-refractivity contribution in [2.75, 3.05) is 13.1 Å². The van der Waals surface area contributed by atoms with E-state index in [9.17, 15) is 5.11 Å². The lowest BCUT2D eigenvalue weighted by Gasteiger charge is -2.28. The molecule has 3 heteroatoms. The van der Waals surface area contributed by atoms with Crippen LogP contribution in [-0.2, 0) is 6.42 Å². The summed E-state index contributed by atoms with van der Waals surface area (Å²) in [5.74, 6) is 0.343. The first-order valence-corrected chi connectivity index (χ1v) is 5.98. The second-order valence-corrected chi connectivity index (χ2v) is 4.78. The molecule has 1 fully saturated rings. The molecule has 2 atom stereocenters. The predicted molar refractivity (Wildman–Crippen MR) is 64.4 cm³/mol. The lowest BCUT2D eigenvalue weighted by Crippen LogP contribution is -2.40. The molecule has 1 aliphatic heterocycles. The minimum absolute atomic E-state index is 0.157. The Morgan fingerprint density at radius 2 is 2.06 bits per heavy atom. The fourth-order valence-corrected chi connectivity index (χ4v) is 2.46. The van der Waals surface area contributed by atoms with E-state index in [1.54, 1.807) is 0 Å². The van der Waals surface area contributed by atoms with Gasteiger partial charge in [-0.2, -0.15) is 0 Å². The average Bonchev–Trinajstić information content (AvgIpc) is 2.20. The van der Waals surface area contributed by atoms with Crippen molar-refractivity contribution in [1.82, 2.24) is 10.3 Å². The van der Waals surface area contributed by atoms with Gasteiger partial charge in [0.05, 0.1) is 6.10 Å². The second kappa shape index (κ2) is 4.93. The van der Waals surface area contributed by atoms with Gasteiger partial charge in [-0.3, -0.25) is 4.98 Å². The maximum Gasteiger partial charge on any atom is 0.0595 e. The molecular formula is C13H20N2O. The third-order valence-corrected chi connectivity index (χ3v) is 3.21. The third kappa shape index (κ3) is 2.80. The summed E-state index contributed by atoms with van der Waals surface area (Å²) >= 11 is 0. The van der Waals surface area contributed by atoms with Crippen molar-refractivity contribution in [3.05, 3.63) is 29.1 Å². The van der Waals surface area contributed by atoms with Crippen LogP contribution in [0.2, 0.25) is 0 Å². The monoisotopic (exact) mass is 220 g/mol. The van der Waals surface area contributed by atoms with E-state index in [0.29, 0.717) is 5.92 Å². The molecule has 0 spiro atoms. The van der Waals surface area contributed by atoms with Gasteiger partial charge in [0.15, 0.2) is 0 Å². The normalized spacial score (nSPS) is 25.7. The van der Waals surface area contributed by atoms with Crippen LogP contribution in [0.1, 0.15) is 23.4 Å². The molecule has 0 saturated carbocycles. The van der Waals surface area contributed by atoms with Crippen molar-refractivity contribution in [3.63, 3.8) is 0 Å². The molecule has 2 heterocycles. The summed E-state index contributed by atoms with van der Waals surface area (Å²) in [6.07, 6.45) is 1.65. The largest absolute Gasteiger partial charge is 0.393 e. The molecule has 0 aliphatic carbocycles. The second-order valence-electron chi connectivity index (χ2n) is 4.78. The quantitative estimate of drug-likeness (QED) is 0.787. The van der Waals surface area contributed by atoms with E-state index < -0.39 is 0 Å². The maximum absolute atomic E-state index is 9.91. The minimum Gasteiger partial charge on any atom is -0.393 e. The SMILES string of the molecule is Cc1cc(CC2CNCCC2O)cc(C)n1. The summed E-state index contributed by atoms with van der Waals surface area (Å²) in [6, 6.07) is 4.24. The summed E-state index contributed by atoms with van der Waals surface area (Å²) in [5, 5.41) is 13.3. The molecule has 1 saturated heterocycles. The zero-order valence-electron chi connectivity index (χ0n) is 10.0. The van der Waals surface area contributed by atoms with Gasteiger partial charge in [-0.25, -0.2) is 0 Å². The number of pyridine rings is 1. The van der Waals surface area contributed by atoms with Crippen molar-refractivity contribution in [2.24, 2.45) is 5.92 Å². The number of piperidine rings is 1. The molecule has 2 unspecified atom stereocenters. The third-order valence-electron chi connectivity index (χ3n) is 3.21. The first kappa shape index (κ1) is 11.6. The number of hydrogen-bond donors (Lipinski definition) is 2. The molecule has 16 heavy (non-hydrogen) atoms. The highest BCUT2D eigenvalue weighted by Crippen LogP contribution is 2.18. The highest BCUT2D eigenvalue weighted by atomic mass is 16.3. The van der Waals surface area contributed by atoms with Crippen molar-refractivity contribution in [1.29, 1.82) is 0 Å². The molecular weight excluding hydrogens is 200 g/mol. The zero-order chi connectivity index (χ0) is 11.5. The van der Waals surface area contributed by atoms with E-state index in [0.717, 1.165) is 37.3 Å². The van der Waals surface area contributed by atoms with Crippen LogP contribution in [0.4, 0.5) is 0 Å². The van der Waals surface area contributed by atoms with E-state index in [1.807, 2.05) is 13.8 Å². The van der Waals surface area contributed by atoms with Crippen LogP contribution in [0.15, 0.2) is 12.1 Å². The number of aromatic nitrogens is 1. The highest BCUT2D eigenvalue weighted by molar-refractivity contribution is 5.21. The van der Waals surface area contributed by atoms with Crippen LogP contribution in [0, 0.1) is 19.8 Å². The van der Waals surface area contributed by atoms with Gasteiger partial charge in [-0.05, 0) is 50.9 Å². The highest BCUT2D eigenvalue weighted by Gasteiger charge is 2.22. The number of aliphatic hydroxyl groups is 1. The minimum atomic E-state index is -0.157. The molecule has 0 amide bonds. The Labute approximate surface area is 96.9 Å². The molecule has 0 aromatic carbocycles. The van der Waals surface area contributed by atoms with Gasteiger partial charge >= 0.3 is 0 Å². The first-order chi connectivity index (χ1) is 7.65. The van der Waals surface area contributed by atoms with Gasteiger partial charge in [-0.15, -0.1) is 0 Å². The van der Waals surface area contributed by atoms with Gasteiger partial charge in [0, 0.05) is 23.9 Å². The van der Waals surface area contributed by atoms with Gasteiger partial charge in [0.2, 0.25) is 0 Å². The van der Waals surface area contributed by atoms with E-state index in [1.165, 1.54) is 5.56 Å². The van der Waals surface area contributed by atoms with Crippen molar-refractivity contribution in [3.8, 4) is 0 Å². The van der Waals surface area contributed by atoms with Crippen molar-refractivity contribution >= 4 is 0 Å². The number of rotatable bonds is 2. The van der Waals surface area contributed by atoms with E-state index in [2.05, 4.69) is 22.4 Å². The molecule has 1 aromatic heterocycles. The maximum atomic E-state index is 9.91. The number of hydrogen-bond acceptors (Lipinski definition) is 3. The molecule has 2 rings (SSSR count). The lowest BCUT2D eigenvalue weighted by atomic mass is 9.89. The summed E-state index contributed by atoms with van der Waals surface area (Å²) in [4.78, 5) is 4.37. The molecule has 88 valence electrons. The number of aryl methyl sites for hydroxylation is 2. The van der Waals surface area contributed by atoms with Crippen molar-refractivity contribution in [2.45, 2.75) is 32.8 Å². The van der Waals surface area contributed by atoms with Crippen molar-refractivity contribution < 1.29 is 5.11 Å². The average molecular weight is 220 g/mol. The van der Waals surface area contributed by atoms with E-state index >= 15 is 0 Å². The Bertz CT molecular complexity index is 345. The summed E-state index contributed by atoms with van der Waals surface area (Å²) < 4.78 is 0. The Balaban J connectivity index is 2.07. The van der Waals surface area contributed by atoms with Crippen LogP contribution < -0.4 is 5.32 Å². The van der Waals surface area contributed by atoms with Crippen LogP contribution in [0.3, 0.4) is 0 Å². The number of nitrogens with zero attached hydrogens (tertiary/aromatic N) is 1. The fourth-order valence-electron chi connectivity index (χ4n) is 2.46. The van der Waals surface area contributed by atoms with Gasteiger partial charge < -0.3 is 10.4 Å². The Morgan fingerprint density at radius 1 is 1.38 bits per heavy atom. The van der Waals surface area contributed by atoms with Gasteiger partial charge in [0.25, 0.3) is 0 Å². The van der Waals surface area contributed by atoms with Gasteiger partial charge in [0.1, 0.15) is 0 Å². The van der Waals surface area contributed by atoms with Crippen LogP contribution in [0.25, 0.3) is 0 Å². The van der Waals surface area contributed by atoms with Gasteiger partial charge in [-0.1, -0.05) is 0 Å². The Hall–Kier alpha value is -0.930. The molecule has 0 bridgehead atoms. The Morgan fingerprint density at radius 3 is 2.69 bits per heavy atom. The van der Waals surface area contributed by atoms with Crippen LogP contribution in [-0.4, -0.2) is 29.3 Å². The number of nitrogens with one attached hydrogen (secondary N) is 1. The molecule has 1 aliphatic rings. The Kier molecular flexibility index (Phi) is 3.56. The fraction of sp³-hybridized carbons (Fsp3) is 0.615. The molecule has 2 N–H and O–H groups in total. The molecule has 3 nitrogen and oxygen atoms in total. The van der Waals surface area contributed by atoms with E-state index in [-0.39, 0.29) is 6.10 Å². The topological polar surface area (TPSA) is 45.1 Å². The number of aliphatic hydroxyl groups excluding tert-OH is 1.